The smallest absolute Gasteiger partial charge is 0.550 e. The number of aromatic nitrogens is 4. The van der Waals surface area contributed by atoms with Crippen molar-refractivity contribution in [3.63, 3.8) is 0 Å². The summed E-state index contributed by atoms with van der Waals surface area (Å²) in [7, 11) is 0. The number of aromatic amines is 1. The first-order valence-electron chi connectivity index (χ1n) is 9.90. The van der Waals surface area contributed by atoms with Crippen LogP contribution in [0.25, 0.3) is 0 Å². The number of aliphatic hydroxyl groups is 1. The standard InChI is InChI=1S/C19H17ClN6O7S2.2K/c20-8-3-1-7(2-4-8)14(29)15(30)21-12-16(31)26-13(18(32)33)9(6-34-17(12)26)10(5-11(27)28)35-19-22-24-25-23-19;;/h1-4,10,12,14,17,29H,5-6H2,(H,21,30)(H,27,28)(H,32,33)(H,22,23,24,25);;/q;2*+1/p-2/t10?,12?,14?,17-;;/m0../s1. The molecule has 4 atom stereocenters. The molecule has 37 heavy (non-hydrogen) atoms. The summed E-state index contributed by atoms with van der Waals surface area (Å²) >= 11 is 7.80. The molecule has 0 bridgehead atoms. The number of β-lactam (4-membered cyclic amide) rings is 1. The van der Waals surface area contributed by atoms with Crippen LogP contribution in [0.4, 0.5) is 0 Å². The molecule has 18 heteroatoms. The Kier molecular flexibility index (Phi) is 13.2. The quantitative estimate of drug-likeness (QED) is 0.136. The number of aliphatic carboxylic acids is 2. The van der Waals surface area contributed by atoms with Gasteiger partial charge in [-0.1, -0.05) is 35.5 Å². The first kappa shape index (κ1) is 33.3. The molecule has 3 unspecified atom stereocenters. The number of carbonyl (C=O) groups excluding carboxylic acids is 4. The van der Waals surface area contributed by atoms with E-state index in [4.69, 9.17) is 11.6 Å². The number of fused-ring (bicyclic) bond motifs is 1. The maximum absolute atomic E-state index is 12.9. The molecule has 2 aliphatic heterocycles. The van der Waals surface area contributed by atoms with Gasteiger partial charge in [0.2, 0.25) is 5.16 Å². The van der Waals surface area contributed by atoms with E-state index >= 15 is 0 Å². The summed E-state index contributed by atoms with van der Waals surface area (Å²) in [6.07, 6.45) is -2.15. The summed E-state index contributed by atoms with van der Waals surface area (Å²) in [4.78, 5) is 49.7. The van der Waals surface area contributed by atoms with Crippen molar-refractivity contribution in [1.29, 1.82) is 0 Å². The van der Waals surface area contributed by atoms with Crippen LogP contribution >= 0.6 is 35.1 Å². The summed E-state index contributed by atoms with van der Waals surface area (Å²) in [5.41, 5.74) is -0.0987. The number of carboxylic acid groups (broad SMARTS) is 2. The molecule has 3 heterocycles. The fraction of sp³-hybridized carbons (Fsp3) is 0.316. The summed E-state index contributed by atoms with van der Waals surface area (Å²) < 4.78 is 0. The molecule has 1 fully saturated rings. The van der Waals surface area contributed by atoms with Gasteiger partial charge >= 0.3 is 103 Å². The van der Waals surface area contributed by atoms with E-state index in [-0.39, 0.29) is 125 Å². The number of hydrogen-bond donors (Lipinski definition) is 3. The Morgan fingerprint density at radius 3 is 2.51 bits per heavy atom. The molecular formula is C19H15ClK2N6O7S2. The number of carbonyl (C=O) groups is 4. The van der Waals surface area contributed by atoms with Crippen molar-refractivity contribution in [2.45, 2.75) is 34.3 Å². The van der Waals surface area contributed by atoms with E-state index in [1.54, 1.807) is 0 Å². The largest absolute Gasteiger partial charge is 1.00 e. The maximum Gasteiger partial charge on any atom is 1.00 e. The second kappa shape index (κ2) is 14.7. The Morgan fingerprint density at radius 1 is 1.27 bits per heavy atom. The maximum atomic E-state index is 12.9. The van der Waals surface area contributed by atoms with Gasteiger partial charge < -0.3 is 30.2 Å². The number of nitrogens with one attached hydrogen (secondary N) is 2. The Hall–Kier alpha value is 0.133. The van der Waals surface area contributed by atoms with Crippen LogP contribution < -0.4 is 118 Å². The number of nitrogens with zero attached hydrogens (tertiary/aromatic N) is 4. The first-order valence-corrected chi connectivity index (χ1v) is 12.2. The number of hydrogen-bond acceptors (Lipinski definition) is 12. The molecule has 4 rings (SSSR count). The summed E-state index contributed by atoms with van der Waals surface area (Å²) in [6.45, 7) is 0. The molecule has 2 amide bonds. The predicted octanol–water partition coefficient (Wildman–Crippen LogP) is -8.40. The average Bonchev–Trinajstić information content (AvgIpc) is 3.33. The molecule has 0 radical (unpaired) electrons. The summed E-state index contributed by atoms with van der Waals surface area (Å²) in [5.74, 6) is -4.68. The van der Waals surface area contributed by atoms with E-state index in [0.717, 1.165) is 28.4 Å². The van der Waals surface area contributed by atoms with E-state index in [0.29, 0.717) is 5.02 Å². The Bertz CT molecular complexity index is 1200. The van der Waals surface area contributed by atoms with Crippen LogP contribution in [0.2, 0.25) is 5.02 Å². The van der Waals surface area contributed by atoms with Gasteiger partial charge in [-0.2, -0.15) is 0 Å². The number of benzene rings is 1. The van der Waals surface area contributed by atoms with Crippen LogP contribution in [0.5, 0.6) is 0 Å². The minimum absolute atomic E-state index is 0. The van der Waals surface area contributed by atoms with E-state index in [1.807, 2.05) is 0 Å². The Balaban J connectivity index is 0.00000241. The monoisotopic (exact) mass is 616 g/mol. The molecule has 0 saturated carbocycles. The van der Waals surface area contributed by atoms with Crippen molar-refractivity contribution in [3.8, 4) is 0 Å². The third kappa shape index (κ3) is 7.66. The minimum atomic E-state index is -1.68. The van der Waals surface area contributed by atoms with E-state index in [9.17, 15) is 34.5 Å². The third-order valence-corrected chi connectivity index (χ3v) is 7.93. The zero-order valence-electron chi connectivity index (χ0n) is 19.4. The van der Waals surface area contributed by atoms with Crippen LogP contribution in [0.15, 0.2) is 40.7 Å². The zero-order chi connectivity index (χ0) is 25.3. The molecule has 184 valence electrons. The molecule has 1 aromatic carbocycles. The van der Waals surface area contributed by atoms with Gasteiger partial charge in [-0.15, -0.1) is 16.9 Å². The molecule has 3 N–H and O–H groups in total. The number of rotatable bonds is 9. The van der Waals surface area contributed by atoms with Gasteiger partial charge in [0.15, 0.2) is 6.10 Å². The van der Waals surface area contributed by atoms with Crippen molar-refractivity contribution in [2.24, 2.45) is 0 Å². The van der Waals surface area contributed by atoms with Crippen molar-refractivity contribution in [3.05, 3.63) is 46.1 Å². The molecule has 1 aromatic heterocycles. The van der Waals surface area contributed by atoms with Gasteiger partial charge in [0.05, 0.1) is 11.7 Å². The number of H-pyrrole nitrogens is 1. The second-order valence-electron chi connectivity index (χ2n) is 7.40. The fourth-order valence-corrected chi connectivity index (χ4v) is 6.29. The van der Waals surface area contributed by atoms with Crippen molar-refractivity contribution >= 4 is 58.9 Å². The van der Waals surface area contributed by atoms with Gasteiger partial charge in [0.25, 0.3) is 11.8 Å². The molecule has 2 aliphatic rings. The SMILES string of the molecule is O=C([O-])CC(Sc1nnn[nH]1)C1=C(C(=O)[O-])N2C(=O)C(NC(=O)C(O)c3ccc(Cl)cc3)[C@@H]2SC1.[K+].[K+]. The number of carboxylic acids is 2. The minimum Gasteiger partial charge on any atom is -0.550 e. The first-order chi connectivity index (χ1) is 16.7. The Labute approximate surface area is 308 Å². The summed E-state index contributed by atoms with van der Waals surface area (Å²) in [6, 6.07) is 4.80. The van der Waals surface area contributed by atoms with Gasteiger partial charge in [-0.05, 0) is 33.7 Å². The zero-order valence-corrected chi connectivity index (χ0v) is 28.0. The molecule has 2 aromatic rings. The number of aliphatic hydroxyl groups excluding tert-OH is 1. The number of amides is 2. The number of tetrazole rings is 1. The topological polar surface area (TPSA) is 204 Å². The van der Waals surface area contributed by atoms with Crippen molar-refractivity contribution in [2.75, 3.05) is 5.75 Å². The van der Waals surface area contributed by atoms with Crippen LogP contribution in [0.3, 0.4) is 0 Å². The van der Waals surface area contributed by atoms with Gasteiger partial charge in [0, 0.05) is 28.4 Å². The van der Waals surface area contributed by atoms with Gasteiger partial charge in [-0.3, -0.25) is 14.5 Å². The molecular weight excluding hydrogens is 602 g/mol. The average molecular weight is 617 g/mol. The molecule has 13 nitrogen and oxygen atoms in total. The number of thioether (sulfide) groups is 2. The molecule has 0 spiro atoms. The second-order valence-corrected chi connectivity index (χ2v) is 10.1. The van der Waals surface area contributed by atoms with Crippen LogP contribution in [-0.2, 0) is 19.2 Å². The normalized spacial score (nSPS) is 19.9. The van der Waals surface area contributed by atoms with Crippen LogP contribution in [-0.4, -0.2) is 76.8 Å². The van der Waals surface area contributed by atoms with Crippen LogP contribution in [0.1, 0.15) is 18.1 Å². The fourth-order valence-electron chi connectivity index (χ4n) is 3.63. The van der Waals surface area contributed by atoms with Crippen LogP contribution in [0, 0.1) is 0 Å². The predicted molar refractivity (Wildman–Crippen MR) is 117 cm³/mol. The van der Waals surface area contributed by atoms with Crippen molar-refractivity contribution in [1.82, 2.24) is 30.8 Å². The van der Waals surface area contributed by atoms with Crippen molar-refractivity contribution < 1.29 is 137 Å². The van der Waals surface area contributed by atoms with E-state index in [2.05, 4.69) is 25.9 Å². The number of halogens is 1. The molecule has 1 saturated heterocycles. The van der Waals surface area contributed by atoms with Gasteiger partial charge in [-0.25, -0.2) is 5.10 Å². The van der Waals surface area contributed by atoms with E-state index in [1.165, 1.54) is 24.3 Å². The third-order valence-electron chi connectivity index (χ3n) is 5.24. The summed E-state index contributed by atoms with van der Waals surface area (Å²) in [5, 5.41) is 47.8. The Morgan fingerprint density at radius 2 is 1.95 bits per heavy atom. The molecule has 0 aliphatic carbocycles. The van der Waals surface area contributed by atoms with Gasteiger partial charge in [0.1, 0.15) is 11.4 Å². The van der Waals surface area contributed by atoms with E-state index < -0.39 is 58.6 Å².